The zero-order valence-corrected chi connectivity index (χ0v) is 28.6. The molecule has 0 aliphatic carbocycles. The van der Waals surface area contributed by atoms with Crippen LogP contribution in [0.2, 0.25) is 5.02 Å². The molecule has 4 heterocycles. The number of likely N-dealkylation sites (tertiary alicyclic amines) is 1. The summed E-state index contributed by atoms with van der Waals surface area (Å²) in [7, 11) is -1.29. The van der Waals surface area contributed by atoms with Crippen molar-refractivity contribution in [2.75, 3.05) is 51.2 Å². The van der Waals surface area contributed by atoms with Crippen LogP contribution < -0.4 is 19.1 Å². The van der Waals surface area contributed by atoms with E-state index in [9.17, 15) is 8.42 Å². The van der Waals surface area contributed by atoms with E-state index < -0.39 is 21.5 Å². The molecule has 47 heavy (non-hydrogen) atoms. The van der Waals surface area contributed by atoms with Gasteiger partial charge in [0.05, 0.1) is 30.8 Å². The molecule has 1 amide bonds. The van der Waals surface area contributed by atoms with Gasteiger partial charge in [0.1, 0.15) is 16.5 Å². The first kappa shape index (κ1) is 32.0. The van der Waals surface area contributed by atoms with E-state index in [2.05, 4.69) is 20.1 Å². The van der Waals surface area contributed by atoms with Crippen molar-refractivity contribution in [1.29, 1.82) is 0 Å². The Labute approximate surface area is 283 Å². The van der Waals surface area contributed by atoms with Crippen molar-refractivity contribution in [2.45, 2.75) is 35.9 Å². The number of halogens is 1. The van der Waals surface area contributed by atoms with Crippen molar-refractivity contribution in [3.05, 3.63) is 99.0 Å². The van der Waals surface area contributed by atoms with E-state index in [0.29, 0.717) is 40.7 Å². The topological polar surface area (TPSA) is 104 Å². The molecule has 2 atom stereocenters. The normalized spacial score (nSPS) is 22.1. The SMILES string of the molecule is COc1ccc(S(=O)(=O)N2C(=O)C(c3cc(CN4CCNCC4)ccc3OC)(N3CCCC3c3nccs3)c3cc(Cl)ccc32)cc1. The molecule has 2 fully saturated rings. The molecule has 7 rings (SSSR count). The number of ether oxygens (including phenoxy) is 2. The lowest BCUT2D eigenvalue weighted by molar-refractivity contribution is -0.127. The molecule has 0 bridgehead atoms. The average molecular weight is 694 g/mol. The number of methoxy groups -OCH3 is 2. The van der Waals surface area contributed by atoms with Gasteiger partial charge in [0.25, 0.3) is 15.9 Å². The van der Waals surface area contributed by atoms with E-state index in [1.54, 1.807) is 43.6 Å². The lowest BCUT2D eigenvalue weighted by Gasteiger charge is -2.42. The van der Waals surface area contributed by atoms with Crippen LogP contribution >= 0.6 is 22.9 Å². The number of thiazole rings is 1. The minimum Gasteiger partial charge on any atom is -0.497 e. The molecule has 2 saturated heterocycles. The van der Waals surface area contributed by atoms with Gasteiger partial charge in [-0.05, 0) is 73.0 Å². The summed E-state index contributed by atoms with van der Waals surface area (Å²) in [4.78, 5) is 24.7. The van der Waals surface area contributed by atoms with E-state index in [-0.39, 0.29) is 16.6 Å². The molecule has 0 radical (unpaired) electrons. The molecule has 3 aromatic carbocycles. The second-order valence-electron chi connectivity index (χ2n) is 11.9. The largest absolute Gasteiger partial charge is 0.497 e. The van der Waals surface area contributed by atoms with Gasteiger partial charge < -0.3 is 14.8 Å². The summed E-state index contributed by atoms with van der Waals surface area (Å²) in [5, 5.41) is 6.58. The van der Waals surface area contributed by atoms with Crippen molar-refractivity contribution in [3.63, 3.8) is 0 Å². The fraction of sp³-hybridized carbons (Fsp3) is 0.353. The number of nitrogens with one attached hydrogen (secondary N) is 1. The van der Waals surface area contributed by atoms with Crippen molar-refractivity contribution < 1.29 is 22.7 Å². The third-order valence-electron chi connectivity index (χ3n) is 9.35. The van der Waals surface area contributed by atoms with E-state index in [1.165, 1.54) is 30.6 Å². The summed E-state index contributed by atoms with van der Waals surface area (Å²) in [6.07, 6.45) is 3.31. The van der Waals surface area contributed by atoms with E-state index in [1.807, 2.05) is 23.6 Å². The Morgan fingerprint density at radius 1 is 1.00 bits per heavy atom. The van der Waals surface area contributed by atoms with Gasteiger partial charge in [-0.2, -0.15) is 0 Å². The van der Waals surface area contributed by atoms with Crippen LogP contribution in [-0.2, 0) is 26.9 Å². The molecule has 1 aromatic heterocycles. The number of amides is 1. The van der Waals surface area contributed by atoms with Crippen molar-refractivity contribution in [1.82, 2.24) is 20.1 Å². The number of aromatic nitrogens is 1. The predicted octanol–water partition coefficient (Wildman–Crippen LogP) is 5.04. The minimum atomic E-state index is -4.38. The number of nitrogens with zero attached hydrogens (tertiary/aromatic N) is 4. The highest BCUT2D eigenvalue weighted by molar-refractivity contribution is 7.93. The van der Waals surface area contributed by atoms with Gasteiger partial charge in [-0.1, -0.05) is 17.7 Å². The maximum atomic E-state index is 15.6. The summed E-state index contributed by atoms with van der Waals surface area (Å²) in [6, 6.07) is 16.7. The van der Waals surface area contributed by atoms with Crippen molar-refractivity contribution in [2.24, 2.45) is 0 Å². The quantitative estimate of drug-likeness (QED) is 0.258. The van der Waals surface area contributed by atoms with E-state index in [0.717, 1.165) is 53.9 Å². The van der Waals surface area contributed by atoms with Crippen LogP contribution in [0.25, 0.3) is 0 Å². The Balaban J connectivity index is 1.48. The summed E-state index contributed by atoms with van der Waals surface area (Å²) in [6.45, 7) is 4.81. The third kappa shape index (κ3) is 5.41. The smallest absolute Gasteiger partial charge is 0.271 e. The average Bonchev–Trinajstić information content (AvgIpc) is 3.84. The molecule has 0 saturated carbocycles. The predicted molar refractivity (Wildman–Crippen MR) is 182 cm³/mol. The monoisotopic (exact) mass is 693 g/mol. The molecule has 10 nitrogen and oxygen atoms in total. The van der Waals surface area contributed by atoms with Crippen LogP contribution in [0.3, 0.4) is 0 Å². The highest BCUT2D eigenvalue weighted by Gasteiger charge is 2.62. The second kappa shape index (κ2) is 12.8. The number of rotatable bonds is 9. The van der Waals surface area contributed by atoms with Crippen LogP contribution in [0.4, 0.5) is 5.69 Å². The first-order valence-electron chi connectivity index (χ1n) is 15.6. The van der Waals surface area contributed by atoms with Gasteiger partial charge in [-0.25, -0.2) is 17.7 Å². The summed E-state index contributed by atoms with van der Waals surface area (Å²) in [5.41, 5.74) is 0.747. The van der Waals surface area contributed by atoms with Gasteiger partial charge in [-0.3, -0.25) is 14.6 Å². The molecule has 0 spiro atoms. The number of hydrogen-bond acceptors (Lipinski definition) is 10. The maximum Gasteiger partial charge on any atom is 0.271 e. The first-order chi connectivity index (χ1) is 22.8. The number of sulfonamides is 1. The number of benzene rings is 3. The third-order valence-corrected chi connectivity index (χ3v) is 12.2. The lowest BCUT2D eigenvalue weighted by atomic mass is 9.80. The Morgan fingerprint density at radius 2 is 1.79 bits per heavy atom. The second-order valence-corrected chi connectivity index (χ2v) is 15.1. The van der Waals surface area contributed by atoms with Gasteiger partial charge >= 0.3 is 0 Å². The fourth-order valence-corrected chi connectivity index (χ4v) is 9.64. The molecule has 1 N–H and O–H groups in total. The molecular formula is C34H36ClN5O5S2. The first-order valence-corrected chi connectivity index (χ1v) is 18.3. The molecule has 13 heteroatoms. The van der Waals surface area contributed by atoms with Crippen LogP contribution in [0.15, 0.2) is 77.1 Å². The van der Waals surface area contributed by atoms with Crippen molar-refractivity contribution in [3.8, 4) is 11.5 Å². The standard InChI is InChI=1S/C34H36ClN5O5S2/c1-44-25-7-9-26(10-8-25)47(42,43)40-29-11-6-24(35)21-27(29)34(33(40)41,39-16-3-4-30(39)32-37-15-19-46-32)28-20-23(5-12-31(28)45-2)22-38-17-13-36-14-18-38/h5-12,15,19-21,30,36H,3-4,13-14,16-18,22H2,1-2H3. The van der Waals surface area contributed by atoms with E-state index >= 15 is 4.79 Å². The van der Waals surface area contributed by atoms with Crippen molar-refractivity contribution >= 4 is 44.6 Å². The molecule has 3 aliphatic rings. The lowest BCUT2D eigenvalue weighted by Crippen LogP contribution is -2.54. The molecular weight excluding hydrogens is 658 g/mol. The van der Waals surface area contributed by atoms with Crippen LogP contribution in [0.1, 0.15) is 40.6 Å². The molecule has 2 unspecified atom stereocenters. The van der Waals surface area contributed by atoms with Crippen LogP contribution in [0, 0.1) is 0 Å². The highest BCUT2D eigenvalue weighted by atomic mass is 35.5. The van der Waals surface area contributed by atoms with Crippen LogP contribution in [-0.4, -0.2) is 76.1 Å². The summed E-state index contributed by atoms with van der Waals surface area (Å²) < 4.78 is 41.4. The molecule has 4 aromatic rings. The fourth-order valence-electron chi connectivity index (χ4n) is 7.22. The van der Waals surface area contributed by atoms with Crippen LogP contribution in [0.5, 0.6) is 11.5 Å². The van der Waals surface area contributed by atoms with Gasteiger partial charge in [-0.15, -0.1) is 11.3 Å². The Bertz CT molecular complexity index is 1880. The maximum absolute atomic E-state index is 15.6. The minimum absolute atomic E-state index is 0.0272. The van der Waals surface area contributed by atoms with Gasteiger partial charge in [0.2, 0.25) is 0 Å². The Hall–Kier alpha value is -3.52. The Kier molecular flexibility index (Phi) is 8.75. The van der Waals surface area contributed by atoms with E-state index in [4.69, 9.17) is 21.1 Å². The molecule has 3 aliphatic heterocycles. The summed E-state index contributed by atoms with van der Waals surface area (Å²) >= 11 is 8.24. The van der Waals surface area contributed by atoms with Gasteiger partial charge in [0, 0.05) is 67.0 Å². The number of carbonyl (C=O) groups is 1. The highest BCUT2D eigenvalue weighted by Crippen LogP contribution is 2.57. The number of hydrogen-bond donors (Lipinski definition) is 1. The number of anilines is 1. The number of piperazine rings is 1. The number of fused-ring (bicyclic) bond motifs is 1. The Morgan fingerprint density at radius 3 is 2.49 bits per heavy atom. The number of carbonyl (C=O) groups excluding carboxylic acids is 1. The zero-order chi connectivity index (χ0) is 32.8. The van der Waals surface area contributed by atoms with Gasteiger partial charge in [0.15, 0.2) is 5.54 Å². The molecule has 246 valence electrons. The zero-order valence-electron chi connectivity index (χ0n) is 26.2. The summed E-state index contributed by atoms with van der Waals surface area (Å²) in [5.74, 6) is 0.390.